The number of aliphatic hydroxyl groups is 1. The Morgan fingerprint density at radius 2 is 1.78 bits per heavy atom. The molecule has 3 N–H and O–H groups in total. The summed E-state index contributed by atoms with van der Waals surface area (Å²) in [6.07, 6.45) is 1.04. The van der Waals surface area contributed by atoms with Gasteiger partial charge in [-0.25, -0.2) is 4.39 Å². The molecule has 0 bridgehead atoms. The number of halogens is 1. The predicted molar refractivity (Wildman–Crippen MR) is 120 cm³/mol. The third kappa shape index (κ3) is 4.29. The Morgan fingerprint density at radius 1 is 1.12 bits per heavy atom. The standard InChI is InChI=1S/C25H24FO5P/c26-18-9-7-17(8-10-18)24-20-5-1-2-6-21(20)25(12-3-4-13-25)22(24)11-14-32(30,31)16-19(27)15-23(28)29/h1-2,5-10,19,27H,3-4,12-13,15-16H2,(H,28,29)(H,30,31)/t19-/m0/s1. The highest BCUT2D eigenvalue weighted by molar-refractivity contribution is 7.63. The van der Waals surface area contributed by atoms with Crippen LogP contribution in [0.15, 0.2) is 54.1 Å². The van der Waals surface area contributed by atoms with Crippen LogP contribution < -0.4 is 0 Å². The van der Waals surface area contributed by atoms with Crippen LogP contribution in [-0.2, 0) is 14.8 Å². The Hall–Kier alpha value is -2.71. The summed E-state index contributed by atoms with van der Waals surface area (Å²) in [7, 11) is -4.10. The van der Waals surface area contributed by atoms with Crippen molar-refractivity contribution in [2.24, 2.45) is 0 Å². The highest BCUT2D eigenvalue weighted by Gasteiger charge is 2.46. The van der Waals surface area contributed by atoms with Crippen LogP contribution in [0.25, 0.3) is 5.57 Å². The monoisotopic (exact) mass is 454 g/mol. The Bertz CT molecular complexity index is 1180. The van der Waals surface area contributed by atoms with Gasteiger partial charge in [-0.3, -0.25) is 9.36 Å². The third-order valence-electron chi connectivity index (χ3n) is 6.25. The van der Waals surface area contributed by atoms with Gasteiger partial charge in [0.25, 0.3) is 7.37 Å². The molecule has 32 heavy (non-hydrogen) atoms. The van der Waals surface area contributed by atoms with Gasteiger partial charge in [-0.15, -0.1) is 0 Å². The minimum atomic E-state index is -4.10. The van der Waals surface area contributed by atoms with E-state index in [2.05, 4.69) is 17.6 Å². The lowest BCUT2D eigenvalue weighted by atomic mass is 9.76. The molecule has 1 saturated carbocycles. The van der Waals surface area contributed by atoms with Crippen molar-refractivity contribution in [1.82, 2.24) is 0 Å². The molecule has 166 valence electrons. The van der Waals surface area contributed by atoms with Crippen LogP contribution in [0.2, 0.25) is 0 Å². The first-order chi connectivity index (χ1) is 15.2. The van der Waals surface area contributed by atoms with Gasteiger partial charge in [-0.1, -0.05) is 55.2 Å². The van der Waals surface area contributed by atoms with Gasteiger partial charge in [0.15, 0.2) is 0 Å². The van der Waals surface area contributed by atoms with E-state index >= 15 is 0 Å². The van der Waals surface area contributed by atoms with Crippen LogP contribution in [0.3, 0.4) is 0 Å². The summed E-state index contributed by atoms with van der Waals surface area (Å²) in [5, 5.41) is 18.6. The molecule has 0 aromatic heterocycles. The first kappa shape index (κ1) is 22.5. The van der Waals surface area contributed by atoms with Gasteiger partial charge < -0.3 is 15.1 Å². The molecular weight excluding hydrogens is 430 g/mol. The number of carbonyl (C=O) groups is 1. The molecule has 2 aromatic carbocycles. The molecule has 2 atom stereocenters. The van der Waals surface area contributed by atoms with E-state index in [1.807, 2.05) is 18.2 Å². The molecule has 1 fully saturated rings. The molecule has 2 aromatic rings. The molecule has 4 rings (SSSR count). The van der Waals surface area contributed by atoms with Crippen LogP contribution >= 0.6 is 7.37 Å². The van der Waals surface area contributed by atoms with Gasteiger partial charge in [0, 0.05) is 16.6 Å². The summed E-state index contributed by atoms with van der Waals surface area (Å²) in [5.74, 6) is 1.39. The average Bonchev–Trinajstić information content (AvgIpc) is 3.31. The SMILES string of the molecule is O=C(O)C[C@H](O)CP(=O)(O)C#CC1=C(c2ccc(F)cc2)c2ccccc2C12CCCC2. The Kier molecular flexibility index (Phi) is 6.09. The summed E-state index contributed by atoms with van der Waals surface area (Å²) in [6, 6.07) is 14.1. The molecule has 0 aliphatic heterocycles. The van der Waals surface area contributed by atoms with Gasteiger partial charge in [0.2, 0.25) is 0 Å². The number of rotatable bonds is 5. The van der Waals surface area contributed by atoms with Gasteiger partial charge in [0.1, 0.15) is 5.82 Å². The van der Waals surface area contributed by atoms with Crippen LogP contribution in [0.5, 0.6) is 0 Å². The van der Waals surface area contributed by atoms with E-state index in [9.17, 15) is 23.7 Å². The van der Waals surface area contributed by atoms with Crippen LogP contribution in [0.1, 0.15) is 48.8 Å². The second-order valence-corrected chi connectivity index (χ2v) is 10.5. The van der Waals surface area contributed by atoms with Crippen molar-refractivity contribution < 1.29 is 28.9 Å². The first-order valence-corrected chi connectivity index (χ1v) is 12.4. The molecule has 5 nitrogen and oxygen atoms in total. The molecular formula is C25H24FO5P. The summed E-state index contributed by atoms with van der Waals surface area (Å²) in [4.78, 5) is 21.1. The number of benzene rings is 2. The van der Waals surface area contributed by atoms with E-state index < -0.39 is 32.0 Å². The quantitative estimate of drug-likeness (QED) is 0.456. The van der Waals surface area contributed by atoms with Gasteiger partial charge in [0.05, 0.1) is 18.7 Å². The molecule has 1 spiro atoms. The van der Waals surface area contributed by atoms with Gasteiger partial charge >= 0.3 is 5.97 Å². The number of allylic oxidation sites excluding steroid dienone is 1. The Balaban J connectivity index is 1.84. The molecule has 2 aliphatic rings. The maximum absolute atomic E-state index is 13.6. The summed E-state index contributed by atoms with van der Waals surface area (Å²) < 4.78 is 26.3. The molecule has 0 amide bonds. The number of carboxylic acids is 1. The first-order valence-electron chi connectivity index (χ1n) is 10.6. The minimum absolute atomic E-state index is 0.351. The van der Waals surface area contributed by atoms with Gasteiger partial charge in [-0.2, -0.15) is 0 Å². The predicted octanol–water partition coefficient (Wildman–Crippen LogP) is 4.52. The molecule has 2 aliphatic carbocycles. The van der Waals surface area contributed by atoms with Crippen molar-refractivity contribution in [3.8, 4) is 11.6 Å². The summed E-state index contributed by atoms with van der Waals surface area (Å²) in [5.41, 5.74) is 6.58. The average molecular weight is 454 g/mol. The zero-order valence-electron chi connectivity index (χ0n) is 17.4. The zero-order chi connectivity index (χ0) is 22.9. The van der Waals surface area contributed by atoms with Crippen molar-refractivity contribution in [2.75, 3.05) is 6.16 Å². The van der Waals surface area contributed by atoms with Crippen LogP contribution in [-0.4, -0.2) is 33.3 Å². The molecule has 0 saturated heterocycles. The van der Waals surface area contributed by atoms with Crippen molar-refractivity contribution in [3.63, 3.8) is 0 Å². The fourth-order valence-corrected chi connectivity index (χ4v) is 6.04. The van der Waals surface area contributed by atoms with Crippen molar-refractivity contribution in [1.29, 1.82) is 0 Å². The van der Waals surface area contributed by atoms with E-state index in [-0.39, 0.29) is 11.2 Å². The second kappa shape index (κ2) is 8.67. The lowest BCUT2D eigenvalue weighted by Crippen LogP contribution is -2.21. The smallest absolute Gasteiger partial charge is 0.305 e. The zero-order valence-corrected chi connectivity index (χ0v) is 18.3. The van der Waals surface area contributed by atoms with E-state index in [0.717, 1.165) is 53.5 Å². The number of aliphatic carboxylic acids is 1. The van der Waals surface area contributed by atoms with Crippen molar-refractivity contribution in [3.05, 3.63) is 76.6 Å². The normalized spacial score (nSPS) is 19.2. The van der Waals surface area contributed by atoms with Crippen LogP contribution in [0.4, 0.5) is 4.39 Å². The Morgan fingerprint density at radius 3 is 2.44 bits per heavy atom. The maximum atomic E-state index is 13.6. The fraction of sp³-hybridized carbons (Fsp3) is 0.320. The van der Waals surface area contributed by atoms with E-state index in [1.165, 1.54) is 12.1 Å². The summed E-state index contributed by atoms with van der Waals surface area (Å²) in [6.45, 7) is 0. The topological polar surface area (TPSA) is 94.8 Å². The number of hydrogen-bond donors (Lipinski definition) is 3. The fourth-order valence-electron chi connectivity index (χ4n) is 4.96. The highest BCUT2D eigenvalue weighted by Crippen LogP contribution is 2.56. The maximum Gasteiger partial charge on any atom is 0.305 e. The minimum Gasteiger partial charge on any atom is -0.481 e. The number of carboxylic acid groups (broad SMARTS) is 1. The third-order valence-corrected chi connectivity index (χ3v) is 7.63. The van der Waals surface area contributed by atoms with E-state index in [1.54, 1.807) is 12.1 Å². The lowest BCUT2D eigenvalue weighted by Gasteiger charge is -2.26. The molecule has 1 unspecified atom stereocenters. The largest absolute Gasteiger partial charge is 0.481 e. The van der Waals surface area contributed by atoms with Crippen LogP contribution in [0, 0.1) is 17.4 Å². The summed E-state index contributed by atoms with van der Waals surface area (Å²) >= 11 is 0. The van der Waals surface area contributed by atoms with Gasteiger partial charge in [-0.05, 0) is 47.3 Å². The van der Waals surface area contributed by atoms with E-state index in [4.69, 9.17) is 5.11 Å². The second-order valence-electron chi connectivity index (χ2n) is 8.46. The van der Waals surface area contributed by atoms with E-state index in [0.29, 0.717) is 0 Å². The van der Waals surface area contributed by atoms with Crippen molar-refractivity contribution >= 4 is 18.9 Å². The molecule has 0 radical (unpaired) electrons. The van der Waals surface area contributed by atoms with Crippen molar-refractivity contribution in [2.45, 2.75) is 43.6 Å². The number of aliphatic hydroxyl groups excluding tert-OH is 1. The molecule has 0 heterocycles. The number of fused-ring (bicyclic) bond motifs is 2. The molecule has 7 heteroatoms. The number of hydrogen-bond acceptors (Lipinski definition) is 3. The lowest BCUT2D eigenvalue weighted by molar-refractivity contribution is -0.138. The Labute approximate surface area is 186 Å². The highest BCUT2D eigenvalue weighted by atomic mass is 31.2.